The van der Waals surface area contributed by atoms with Crippen LogP contribution in [0.15, 0.2) is 52.1 Å². The van der Waals surface area contributed by atoms with Crippen LogP contribution in [0.3, 0.4) is 0 Å². The van der Waals surface area contributed by atoms with E-state index >= 15 is 0 Å². The minimum atomic E-state index is -4.74. The highest BCUT2D eigenvalue weighted by Crippen LogP contribution is 2.39. The molecule has 224 valence electrons. The van der Waals surface area contributed by atoms with Crippen molar-refractivity contribution in [2.45, 2.75) is 19.3 Å². The third-order valence-electron chi connectivity index (χ3n) is 6.90. The maximum absolute atomic E-state index is 14.2. The molecule has 0 unspecified atom stereocenters. The van der Waals surface area contributed by atoms with E-state index in [4.69, 9.17) is 14.0 Å². The maximum atomic E-state index is 14.2. The number of aromatic amines is 1. The first-order chi connectivity index (χ1) is 20.7. The number of aromatic nitrogens is 3. The first-order valence-electron chi connectivity index (χ1n) is 13.1. The van der Waals surface area contributed by atoms with Gasteiger partial charge in [0, 0.05) is 24.7 Å². The zero-order chi connectivity index (χ0) is 30.1. The topological polar surface area (TPSA) is 109 Å². The van der Waals surface area contributed by atoms with Crippen LogP contribution in [0.5, 0.6) is 5.75 Å². The summed E-state index contributed by atoms with van der Waals surface area (Å²) in [4.78, 5) is 21.1. The van der Waals surface area contributed by atoms with Crippen molar-refractivity contribution in [2.24, 2.45) is 5.10 Å². The Labute approximate surface area is 240 Å². The number of morpholine rings is 1. The number of amides is 1. The molecule has 2 aromatic carbocycles. The Balaban J connectivity index is 1.14. The second-order valence-corrected chi connectivity index (χ2v) is 9.78. The molecule has 0 spiro atoms. The summed E-state index contributed by atoms with van der Waals surface area (Å²) in [6.07, 6.45) is -3.29. The standard InChI is InChI=1S/C28H23F5N6O4/c29-21-3-1-2-19(26(21)30)27-35-23-12-34-39(14-24(23)36-27)13-17-11-22(37-43-17)18-5-4-16(10-20(18)28(31,32)33)42-15-25(40)38-6-8-41-9-7-38/h1-5,10-12H,6-9,13-15H2,(H,35,36). The number of hydrazone groups is 1. The summed E-state index contributed by atoms with van der Waals surface area (Å²) in [5.74, 6) is -2.13. The van der Waals surface area contributed by atoms with Crippen LogP contribution in [0.4, 0.5) is 22.0 Å². The lowest BCUT2D eigenvalue weighted by Crippen LogP contribution is -2.42. The number of halogens is 5. The number of H-pyrrole nitrogens is 1. The predicted octanol–water partition coefficient (Wildman–Crippen LogP) is 4.62. The van der Waals surface area contributed by atoms with Crippen LogP contribution in [0.25, 0.3) is 22.6 Å². The van der Waals surface area contributed by atoms with Gasteiger partial charge in [0.25, 0.3) is 5.91 Å². The summed E-state index contributed by atoms with van der Waals surface area (Å²) < 4.78 is 85.8. The van der Waals surface area contributed by atoms with E-state index in [-0.39, 0.29) is 53.2 Å². The SMILES string of the molecule is O=C(COc1ccc(-c2cc(CN3Cc4nc(-c5cccc(F)c5F)[nH]c4C=N3)on2)c(C(F)(F)F)c1)N1CCOCC1. The Morgan fingerprint density at radius 2 is 1.88 bits per heavy atom. The molecule has 0 saturated carbocycles. The van der Waals surface area contributed by atoms with Crippen molar-refractivity contribution >= 4 is 12.1 Å². The highest BCUT2D eigenvalue weighted by molar-refractivity contribution is 5.81. The monoisotopic (exact) mass is 602 g/mol. The van der Waals surface area contributed by atoms with Crippen molar-refractivity contribution in [3.8, 4) is 28.4 Å². The van der Waals surface area contributed by atoms with Crippen LogP contribution in [-0.4, -0.2) is 70.1 Å². The Hall–Kier alpha value is -4.79. The minimum absolute atomic E-state index is 0.0326. The summed E-state index contributed by atoms with van der Waals surface area (Å²) in [5, 5.41) is 9.64. The first-order valence-corrected chi connectivity index (χ1v) is 13.1. The van der Waals surface area contributed by atoms with Crippen LogP contribution >= 0.6 is 0 Å². The molecule has 43 heavy (non-hydrogen) atoms. The van der Waals surface area contributed by atoms with Gasteiger partial charge in [0.15, 0.2) is 24.0 Å². The Morgan fingerprint density at radius 1 is 1.07 bits per heavy atom. The van der Waals surface area contributed by atoms with Crippen LogP contribution in [0.1, 0.15) is 22.7 Å². The summed E-state index contributed by atoms with van der Waals surface area (Å²) in [7, 11) is 0. The summed E-state index contributed by atoms with van der Waals surface area (Å²) in [6.45, 7) is 1.38. The third-order valence-corrected chi connectivity index (χ3v) is 6.90. The van der Waals surface area contributed by atoms with Crippen LogP contribution in [0, 0.1) is 11.6 Å². The Morgan fingerprint density at radius 3 is 2.67 bits per heavy atom. The number of nitrogens with one attached hydrogen (secondary N) is 1. The number of imidazole rings is 1. The van der Waals surface area contributed by atoms with E-state index in [1.807, 2.05) is 0 Å². The van der Waals surface area contributed by atoms with Gasteiger partial charge < -0.3 is 23.9 Å². The van der Waals surface area contributed by atoms with Crippen molar-refractivity contribution in [2.75, 3.05) is 32.9 Å². The smallest absolute Gasteiger partial charge is 0.417 e. The Bertz CT molecular complexity index is 1680. The molecular weight excluding hydrogens is 579 g/mol. The lowest BCUT2D eigenvalue weighted by Gasteiger charge is -2.26. The fourth-order valence-corrected chi connectivity index (χ4v) is 4.73. The fraction of sp³-hybridized carbons (Fsp3) is 0.286. The zero-order valence-electron chi connectivity index (χ0n) is 22.3. The lowest BCUT2D eigenvalue weighted by molar-refractivity contribution is -0.137. The number of ether oxygens (including phenoxy) is 2. The molecule has 2 aliphatic heterocycles. The van der Waals surface area contributed by atoms with Gasteiger partial charge >= 0.3 is 6.18 Å². The van der Waals surface area contributed by atoms with Crippen molar-refractivity contribution in [1.82, 2.24) is 25.0 Å². The molecule has 0 radical (unpaired) electrons. The molecule has 4 heterocycles. The van der Waals surface area contributed by atoms with Crippen molar-refractivity contribution < 1.29 is 40.7 Å². The summed E-state index contributed by atoms with van der Waals surface area (Å²) in [5.41, 5.74) is -0.295. The van der Waals surface area contributed by atoms with Gasteiger partial charge in [0.05, 0.1) is 55.0 Å². The molecule has 2 aliphatic rings. The van der Waals surface area contributed by atoms with Gasteiger partial charge in [-0.15, -0.1) is 0 Å². The quantitative estimate of drug-likeness (QED) is 0.308. The van der Waals surface area contributed by atoms with E-state index in [1.54, 1.807) is 0 Å². The number of rotatable bonds is 7. The van der Waals surface area contributed by atoms with Crippen molar-refractivity contribution in [1.29, 1.82) is 0 Å². The number of fused-ring (bicyclic) bond motifs is 1. The number of carbonyl (C=O) groups is 1. The lowest BCUT2D eigenvalue weighted by atomic mass is 10.0. The summed E-state index contributed by atoms with van der Waals surface area (Å²) in [6, 6.07) is 8.51. The second kappa shape index (κ2) is 11.5. The number of carbonyl (C=O) groups excluding carboxylic acids is 1. The zero-order valence-corrected chi connectivity index (χ0v) is 22.3. The molecule has 0 aliphatic carbocycles. The molecule has 1 fully saturated rings. The van der Waals surface area contributed by atoms with Crippen molar-refractivity contribution in [3.63, 3.8) is 0 Å². The molecule has 1 amide bonds. The van der Waals surface area contributed by atoms with Gasteiger partial charge in [0.1, 0.15) is 17.3 Å². The molecule has 15 heteroatoms. The molecular formula is C28H23F5N6O4. The number of benzene rings is 2. The molecule has 1 N–H and O–H groups in total. The molecule has 10 nitrogen and oxygen atoms in total. The van der Waals surface area contributed by atoms with E-state index in [0.717, 1.165) is 12.1 Å². The van der Waals surface area contributed by atoms with Crippen molar-refractivity contribution in [3.05, 3.63) is 76.8 Å². The normalized spacial score (nSPS) is 15.1. The largest absolute Gasteiger partial charge is 0.484 e. The predicted molar refractivity (Wildman–Crippen MR) is 141 cm³/mol. The van der Waals surface area contributed by atoms with Crippen LogP contribution in [-0.2, 0) is 28.8 Å². The van der Waals surface area contributed by atoms with E-state index < -0.39 is 30.0 Å². The molecule has 1 saturated heterocycles. The fourth-order valence-electron chi connectivity index (χ4n) is 4.73. The highest BCUT2D eigenvalue weighted by Gasteiger charge is 2.35. The van der Waals surface area contributed by atoms with E-state index in [9.17, 15) is 26.7 Å². The first kappa shape index (κ1) is 28.3. The molecule has 6 rings (SSSR count). The maximum Gasteiger partial charge on any atom is 0.417 e. The second-order valence-electron chi connectivity index (χ2n) is 9.78. The van der Waals surface area contributed by atoms with Crippen LogP contribution in [0.2, 0.25) is 0 Å². The number of hydrogen-bond acceptors (Lipinski definition) is 8. The van der Waals surface area contributed by atoms with Gasteiger partial charge in [0.2, 0.25) is 0 Å². The van der Waals surface area contributed by atoms with Gasteiger partial charge in [-0.1, -0.05) is 11.2 Å². The van der Waals surface area contributed by atoms with Gasteiger partial charge in [-0.2, -0.15) is 18.3 Å². The van der Waals surface area contributed by atoms with Gasteiger partial charge in [-0.3, -0.25) is 9.80 Å². The minimum Gasteiger partial charge on any atom is -0.484 e. The van der Waals surface area contributed by atoms with Crippen LogP contribution < -0.4 is 4.74 Å². The Kier molecular flexibility index (Phi) is 7.56. The number of alkyl halides is 3. The van der Waals surface area contributed by atoms with E-state index in [2.05, 4.69) is 20.2 Å². The molecule has 2 aromatic heterocycles. The molecule has 0 atom stereocenters. The number of hydrogen-bond donors (Lipinski definition) is 1. The average molecular weight is 603 g/mol. The third kappa shape index (κ3) is 6.07. The molecule has 0 bridgehead atoms. The summed E-state index contributed by atoms with van der Waals surface area (Å²) >= 11 is 0. The van der Waals surface area contributed by atoms with E-state index in [0.29, 0.717) is 37.7 Å². The highest BCUT2D eigenvalue weighted by atomic mass is 19.4. The number of nitrogens with zero attached hydrogens (tertiary/aromatic N) is 5. The van der Waals surface area contributed by atoms with E-state index in [1.165, 1.54) is 46.5 Å². The molecule has 4 aromatic rings. The average Bonchev–Trinajstić information content (AvgIpc) is 3.64. The van der Waals surface area contributed by atoms with Gasteiger partial charge in [-0.25, -0.2) is 13.8 Å². The van der Waals surface area contributed by atoms with Gasteiger partial charge in [-0.05, 0) is 30.3 Å².